The van der Waals surface area contributed by atoms with Gasteiger partial charge >= 0.3 is 5.97 Å². The van der Waals surface area contributed by atoms with Gasteiger partial charge in [-0.15, -0.1) is 17.9 Å². The number of esters is 1. The highest BCUT2D eigenvalue weighted by Crippen LogP contribution is 2.23. The number of halogens is 1. The summed E-state index contributed by atoms with van der Waals surface area (Å²) >= 11 is 7.31. The summed E-state index contributed by atoms with van der Waals surface area (Å²) in [5.41, 5.74) is 0. The molecule has 0 fully saturated rings. The van der Waals surface area contributed by atoms with Crippen LogP contribution in [0.25, 0.3) is 0 Å². The molecule has 0 unspecified atom stereocenters. The van der Waals surface area contributed by atoms with Gasteiger partial charge in [0, 0.05) is 17.8 Å². The largest absolute Gasteiger partial charge is 0.469 e. The van der Waals surface area contributed by atoms with Gasteiger partial charge < -0.3 is 9.64 Å². The van der Waals surface area contributed by atoms with Crippen LogP contribution in [0.5, 0.6) is 0 Å². The Labute approximate surface area is 128 Å². The molecule has 0 aliphatic rings. The zero-order valence-corrected chi connectivity index (χ0v) is 13.2. The van der Waals surface area contributed by atoms with E-state index in [1.165, 1.54) is 18.4 Å². The fourth-order valence-corrected chi connectivity index (χ4v) is 2.81. The van der Waals surface area contributed by atoms with Gasteiger partial charge in [-0.1, -0.05) is 24.6 Å². The second-order valence-corrected chi connectivity index (χ2v) is 6.20. The first-order chi connectivity index (χ1) is 9.47. The summed E-state index contributed by atoms with van der Waals surface area (Å²) in [5.74, 6) is -0.935. The molecule has 1 rings (SSSR count). The Hall–Kier alpha value is -1.33. The second kappa shape index (κ2) is 8.07. The van der Waals surface area contributed by atoms with Crippen molar-refractivity contribution in [3.63, 3.8) is 0 Å². The number of hydrogen-bond donors (Lipinski definition) is 0. The predicted molar refractivity (Wildman–Crippen MR) is 80.7 cm³/mol. The number of methoxy groups -OCH3 is 1. The molecule has 0 radical (unpaired) electrons. The van der Waals surface area contributed by atoms with Crippen molar-refractivity contribution >= 4 is 34.8 Å². The summed E-state index contributed by atoms with van der Waals surface area (Å²) in [6, 6.07) is 3.69. The van der Waals surface area contributed by atoms with Crippen molar-refractivity contribution in [3.05, 3.63) is 34.0 Å². The van der Waals surface area contributed by atoms with Crippen molar-refractivity contribution in [1.82, 2.24) is 4.90 Å². The number of rotatable bonds is 7. The molecule has 0 aliphatic heterocycles. The van der Waals surface area contributed by atoms with Gasteiger partial charge in [-0.05, 0) is 12.1 Å². The van der Waals surface area contributed by atoms with E-state index in [1.807, 2.05) is 6.07 Å². The first kappa shape index (κ1) is 16.7. The Morgan fingerprint density at radius 1 is 1.55 bits per heavy atom. The first-order valence-corrected chi connectivity index (χ1v) is 7.38. The number of hydrogen-bond acceptors (Lipinski definition) is 4. The minimum absolute atomic E-state index is 0.104. The highest BCUT2D eigenvalue weighted by Gasteiger charge is 2.21. The van der Waals surface area contributed by atoms with E-state index in [2.05, 4.69) is 11.3 Å². The maximum atomic E-state index is 12.2. The standard InChI is InChI=1S/C14H18ClNO3S/c1-4-7-16(9-11-5-6-12(15)20-11)13(17)8-10(2)14(18)19-3/h4-6,10H,1,7-9H2,2-3H3/t10-/m0/s1. The minimum Gasteiger partial charge on any atom is -0.469 e. The fraction of sp³-hybridized carbons (Fsp3) is 0.429. The van der Waals surface area contributed by atoms with Crippen molar-refractivity contribution < 1.29 is 14.3 Å². The molecule has 0 bridgehead atoms. The lowest BCUT2D eigenvalue weighted by Crippen LogP contribution is -2.32. The molecule has 1 atom stereocenters. The Kier molecular flexibility index (Phi) is 6.75. The molecule has 0 aromatic carbocycles. The third kappa shape index (κ3) is 4.98. The zero-order valence-electron chi connectivity index (χ0n) is 11.6. The monoisotopic (exact) mass is 315 g/mol. The Bertz CT molecular complexity index is 487. The molecular formula is C14H18ClNO3S. The molecule has 1 heterocycles. The molecule has 4 nitrogen and oxygen atoms in total. The summed E-state index contributed by atoms with van der Waals surface area (Å²) < 4.78 is 5.32. The van der Waals surface area contributed by atoms with Gasteiger partial charge in [-0.25, -0.2) is 0 Å². The van der Waals surface area contributed by atoms with Crippen LogP contribution in [0.2, 0.25) is 4.34 Å². The molecule has 6 heteroatoms. The van der Waals surface area contributed by atoms with Crippen LogP contribution in [-0.4, -0.2) is 30.4 Å². The van der Waals surface area contributed by atoms with Crippen molar-refractivity contribution in [1.29, 1.82) is 0 Å². The first-order valence-electron chi connectivity index (χ1n) is 6.18. The van der Waals surface area contributed by atoms with Crippen LogP contribution in [-0.2, 0) is 20.9 Å². The molecular weight excluding hydrogens is 298 g/mol. The van der Waals surface area contributed by atoms with Crippen LogP contribution in [0.3, 0.4) is 0 Å². The maximum Gasteiger partial charge on any atom is 0.308 e. The minimum atomic E-state index is -0.452. The quantitative estimate of drug-likeness (QED) is 0.574. The lowest BCUT2D eigenvalue weighted by Gasteiger charge is -2.21. The fourth-order valence-electron chi connectivity index (χ4n) is 1.71. The predicted octanol–water partition coefficient (Wildman–Crippen LogP) is 3.12. The summed E-state index contributed by atoms with van der Waals surface area (Å²) in [4.78, 5) is 26.2. The summed E-state index contributed by atoms with van der Waals surface area (Å²) in [7, 11) is 1.32. The topological polar surface area (TPSA) is 46.6 Å². The molecule has 0 saturated heterocycles. The van der Waals surface area contributed by atoms with E-state index in [0.717, 1.165) is 4.88 Å². The van der Waals surface area contributed by atoms with Crippen LogP contribution in [0.4, 0.5) is 0 Å². The number of ether oxygens (including phenoxy) is 1. The zero-order chi connectivity index (χ0) is 15.1. The van der Waals surface area contributed by atoms with Crippen LogP contribution in [0.1, 0.15) is 18.2 Å². The van der Waals surface area contributed by atoms with Crippen molar-refractivity contribution in [2.45, 2.75) is 19.9 Å². The van der Waals surface area contributed by atoms with Crippen molar-refractivity contribution in [3.8, 4) is 0 Å². The SMILES string of the molecule is C=CCN(Cc1ccc(Cl)s1)C(=O)C[C@H](C)C(=O)OC. The molecule has 110 valence electrons. The third-order valence-corrected chi connectivity index (χ3v) is 3.98. The summed E-state index contributed by atoms with van der Waals surface area (Å²) in [6.45, 7) is 6.23. The van der Waals surface area contributed by atoms with E-state index >= 15 is 0 Å². The Morgan fingerprint density at radius 2 is 2.25 bits per heavy atom. The van der Waals surface area contributed by atoms with Crippen molar-refractivity contribution in [2.75, 3.05) is 13.7 Å². The lowest BCUT2D eigenvalue weighted by atomic mass is 10.1. The number of nitrogens with zero attached hydrogens (tertiary/aromatic N) is 1. The second-order valence-electron chi connectivity index (χ2n) is 4.40. The average molecular weight is 316 g/mol. The normalized spacial score (nSPS) is 11.8. The van der Waals surface area contributed by atoms with Gasteiger partial charge in [0.2, 0.25) is 5.91 Å². The lowest BCUT2D eigenvalue weighted by molar-refractivity contribution is -0.148. The van der Waals surface area contributed by atoms with E-state index in [-0.39, 0.29) is 18.3 Å². The highest BCUT2D eigenvalue weighted by atomic mass is 35.5. The Balaban J connectivity index is 2.67. The number of thiophene rings is 1. The average Bonchev–Trinajstić information content (AvgIpc) is 2.82. The van der Waals surface area contributed by atoms with Gasteiger partial charge in [0.05, 0.1) is 23.9 Å². The van der Waals surface area contributed by atoms with Gasteiger partial charge in [0.1, 0.15) is 0 Å². The third-order valence-electron chi connectivity index (χ3n) is 2.76. The van der Waals surface area contributed by atoms with Gasteiger partial charge in [-0.2, -0.15) is 0 Å². The molecule has 20 heavy (non-hydrogen) atoms. The molecule has 0 N–H and O–H groups in total. The van der Waals surface area contributed by atoms with E-state index in [0.29, 0.717) is 17.4 Å². The highest BCUT2D eigenvalue weighted by molar-refractivity contribution is 7.16. The van der Waals surface area contributed by atoms with E-state index in [1.54, 1.807) is 24.0 Å². The van der Waals surface area contributed by atoms with Crippen LogP contribution >= 0.6 is 22.9 Å². The van der Waals surface area contributed by atoms with Gasteiger partial charge in [0.15, 0.2) is 0 Å². The van der Waals surface area contributed by atoms with Crippen LogP contribution < -0.4 is 0 Å². The van der Waals surface area contributed by atoms with Crippen LogP contribution in [0, 0.1) is 5.92 Å². The molecule has 0 aliphatic carbocycles. The molecule has 1 amide bonds. The van der Waals surface area contributed by atoms with Crippen molar-refractivity contribution in [2.24, 2.45) is 5.92 Å². The maximum absolute atomic E-state index is 12.2. The van der Waals surface area contributed by atoms with Gasteiger partial charge in [-0.3, -0.25) is 9.59 Å². The molecule has 1 aromatic heterocycles. The summed E-state index contributed by atoms with van der Waals surface area (Å²) in [6.07, 6.45) is 1.79. The smallest absolute Gasteiger partial charge is 0.308 e. The molecule has 1 aromatic rings. The van der Waals surface area contributed by atoms with E-state index < -0.39 is 5.92 Å². The number of amides is 1. The van der Waals surface area contributed by atoms with Crippen LogP contribution in [0.15, 0.2) is 24.8 Å². The molecule has 0 spiro atoms. The van der Waals surface area contributed by atoms with E-state index in [9.17, 15) is 9.59 Å². The van der Waals surface area contributed by atoms with E-state index in [4.69, 9.17) is 11.6 Å². The molecule has 0 saturated carbocycles. The van der Waals surface area contributed by atoms with Gasteiger partial charge in [0.25, 0.3) is 0 Å². The Morgan fingerprint density at radius 3 is 2.75 bits per heavy atom. The number of carbonyl (C=O) groups is 2. The summed E-state index contributed by atoms with van der Waals surface area (Å²) in [5, 5.41) is 0. The number of carbonyl (C=O) groups excluding carboxylic acids is 2.